The molecule has 2 amide bonds. The largest absolute Gasteiger partial charge is 0.573 e. The van der Waals surface area contributed by atoms with E-state index in [1.54, 1.807) is 48.5 Å². The molecule has 1 aliphatic rings. The third-order valence-electron chi connectivity index (χ3n) is 6.71. The molecular weight excluding hydrogens is 547 g/mol. The summed E-state index contributed by atoms with van der Waals surface area (Å²) in [4.78, 5) is 25.8. The lowest BCUT2D eigenvalue weighted by molar-refractivity contribution is -0.274. The maximum atomic E-state index is 12.9. The van der Waals surface area contributed by atoms with Crippen LogP contribution in [0.1, 0.15) is 30.4 Å². The molecule has 8 nitrogen and oxygen atoms in total. The van der Waals surface area contributed by atoms with Gasteiger partial charge in [0.25, 0.3) is 0 Å². The lowest BCUT2D eigenvalue weighted by Gasteiger charge is -2.19. The van der Waals surface area contributed by atoms with E-state index in [-0.39, 0.29) is 35.5 Å². The van der Waals surface area contributed by atoms with E-state index < -0.39 is 28.2 Å². The minimum Gasteiger partial charge on any atom is -0.406 e. The average molecular weight is 576 g/mol. The summed E-state index contributed by atoms with van der Waals surface area (Å²) in [6, 6.07) is 18.8. The second-order valence-corrected chi connectivity index (χ2v) is 11.0. The number of primary sulfonamides is 1. The van der Waals surface area contributed by atoms with Crippen LogP contribution in [-0.2, 0) is 32.7 Å². The summed E-state index contributed by atoms with van der Waals surface area (Å²) in [5, 5.41) is 10.9. The van der Waals surface area contributed by atoms with Crippen LogP contribution in [0.15, 0.2) is 77.7 Å². The van der Waals surface area contributed by atoms with Gasteiger partial charge in [0.1, 0.15) is 5.75 Å². The minimum atomic E-state index is -4.81. The van der Waals surface area contributed by atoms with Gasteiger partial charge in [-0.05, 0) is 47.7 Å². The normalized spacial score (nSPS) is 17.3. The molecule has 0 saturated heterocycles. The van der Waals surface area contributed by atoms with Crippen molar-refractivity contribution in [1.82, 2.24) is 10.6 Å². The first-order valence-corrected chi connectivity index (χ1v) is 14.1. The zero-order chi connectivity index (χ0) is 28.9. The van der Waals surface area contributed by atoms with Gasteiger partial charge in [-0.3, -0.25) is 9.59 Å². The number of nitrogens with two attached hydrogens (primary N) is 1. The molecule has 2 atom stereocenters. The number of rotatable bonds is 9. The van der Waals surface area contributed by atoms with Crippen LogP contribution in [-0.4, -0.2) is 26.6 Å². The molecule has 0 unspecified atom stereocenters. The van der Waals surface area contributed by atoms with E-state index in [9.17, 15) is 31.2 Å². The Balaban J connectivity index is 1.32. The van der Waals surface area contributed by atoms with Gasteiger partial charge in [0, 0.05) is 30.5 Å². The number of nitrogens with one attached hydrogen (secondary N) is 2. The van der Waals surface area contributed by atoms with Crippen LogP contribution < -0.4 is 20.5 Å². The van der Waals surface area contributed by atoms with Crippen LogP contribution in [0.2, 0.25) is 0 Å². The van der Waals surface area contributed by atoms with Crippen molar-refractivity contribution in [2.24, 2.45) is 17.0 Å². The van der Waals surface area contributed by atoms with E-state index >= 15 is 0 Å². The van der Waals surface area contributed by atoms with E-state index in [1.165, 1.54) is 24.3 Å². The molecule has 0 aromatic heterocycles. The number of hydrogen-bond donors (Lipinski definition) is 3. The predicted molar refractivity (Wildman–Crippen MR) is 141 cm³/mol. The highest BCUT2D eigenvalue weighted by Crippen LogP contribution is 2.33. The van der Waals surface area contributed by atoms with Crippen molar-refractivity contribution in [3.63, 3.8) is 0 Å². The number of benzene rings is 3. The summed E-state index contributed by atoms with van der Waals surface area (Å²) in [7, 11) is -3.90. The van der Waals surface area contributed by atoms with Gasteiger partial charge in [-0.1, -0.05) is 61.0 Å². The van der Waals surface area contributed by atoms with Gasteiger partial charge in [-0.15, -0.1) is 13.2 Å². The molecule has 3 aromatic carbocycles. The van der Waals surface area contributed by atoms with Crippen molar-refractivity contribution in [3.8, 4) is 16.9 Å². The van der Waals surface area contributed by atoms with E-state index in [0.717, 1.165) is 5.56 Å². The lowest BCUT2D eigenvalue weighted by Crippen LogP contribution is -2.39. The third-order valence-corrected chi connectivity index (χ3v) is 7.68. The summed E-state index contributed by atoms with van der Waals surface area (Å²) in [6.45, 7) is 0.215. The van der Waals surface area contributed by atoms with Gasteiger partial charge in [-0.25, -0.2) is 13.6 Å². The number of amides is 2. The fourth-order valence-electron chi connectivity index (χ4n) is 4.84. The number of sulfonamides is 1. The Labute approximate surface area is 229 Å². The van der Waals surface area contributed by atoms with Crippen molar-refractivity contribution in [2.45, 2.75) is 43.6 Å². The Kier molecular flexibility index (Phi) is 8.79. The number of carbonyl (C=O) groups is 2. The number of ether oxygens (including phenoxy) is 1. The van der Waals surface area contributed by atoms with Gasteiger partial charge in [0.05, 0.1) is 4.90 Å². The maximum absolute atomic E-state index is 12.9. The molecule has 4 N–H and O–H groups in total. The molecule has 1 fully saturated rings. The first-order valence-electron chi connectivity index (χ1n) is 12.5. The number of halogens is 3. The van der Waals surface area contributed by atoms with Gasteiger partial charge < -0.3 is 15.4 Å². The third kappa shape index (κ3) is 7.60. The fraction of sp³-hybridized carbons (Fsp3) is 0.286. The monoisotopic (exact) mass is 575 g/mol. The van der Waals surface area contributed by atoms with Crippen molar-refractivity contribution in [2.75, 3.05) is 0 Å². The molecule has 0 heterocycles. The summed E-state index contributed by atoms with van der Waals surface area (Å²) in [5.41, 5.74) is 2.34. The first kappa shape index (κ1) is 29.1. The van der Waals surface area contributed by atoms with Gasteiger partial charge in [0.15, 0.2) is 0 Å². The fourth-order valence-corrected chi connectivity index (χ4v) is 5.60. The molecule has 40 heavy (non-hydrogen) atoms. The SMILES string of the molecule is NS(=O)(=O)c1ccccc1-c1ccc(CNC(=O)[C@H]2CCC[C@@H]2C(=O)NCc2cccc(OC(F)(F)F)c2)cc1. The second kappa shape index (κ2) is 12.1. The van der Waals surface area contributed by atoms with Gasteiger partial charge >= 0.3 is 6.36 Å². The molecule has 0 spiro atoms. The first-order chi connectivity index (χ1) is 18.9. The summed E-state index contributed by atoms with van der Waals surface area (Å²) in [6.07, 6.45) is -3.04. The molecule has 212 valence electrons. The van der Waals surface area contributed by atoms with Crippen molar-refractivity contribution < 1.29 is 35.9 Å². The summed E-state index contributed by atoms with van der Waals surface area (Å²) in [5.74, 6) is -2.05. The quantitative estimate of drug-likeness (QED) is 0.352. The zero-order valence-electron chi connectivity index (χ0n) is 21.3. The van der Waals surface area contributed by atoms with Crippen LogP contribution in [0.5, 0.6) is 5.75 Å². The number of carbonyl (C=O) groups excluding carboxylic acids is 2. The molecular formula is C28H28F3N3O5S. The molecule has 12 heteroatoms. The van der Waals surface area contributed by atoms with Crippen LogP contribution in [0.4, 0.5) is 13.2 Å². The standard InChI is InChI=1S/C28H28F3N3O5S/c29-28(30,31)39-21-6-3-5-19(15-21)17-34-27(36)24-9-4-8-23(24)26(35)33-16-18-11-13-20(14-12-18)22-7-1-2-10-25(22)40(32,37)38/h1-3,5-7,10-15,23-24H,4,8-9,16-17H2,(H,33,35)(H,34,36)(H2,32,37,38)/t23-,24-/m0/s1. The predicted octanol–water partition coefficient (Wildman–Crippen LogP) is 4.25. The lowest BCUT2D eigenvalue weighted by atomic mass is 9.94. The van der Waals surface area contributed by atoms with Crippen molar-refractivity contribution in [1.29, 1.82) is 0 Å². The molecule has 0 aliphatic heterocycles. The molecule has 0 radical (unpaired) electrons. The second-order valence-electron chi connectivity index (χ2n) is 9.51. The molecule has 4 rings (SSSR count). The van der Waals surface area contributed by atoms with E-state index in [2.05, 4.69) is 15.4 Å². The molecule has 0 bridgehead atoms. The number of hydrogen-bond acceptors (Lipinski definition) is 5. The highest BCUT2D eigenvalue weighted by Gasteiger charge is 2.37. The Morgan fingerprint density at radius 3 is 2.05 bits per heavy atom. The molecule has 1 saturated carbocycles. The molecule has 1 aliphatic carbocycles. The Morgan fingerprint density at radius 1 is 0.850 bits per heavy atom. The summed E-state index contributed by atoms with van der Waals surface area (Å²) >= 11 is 0. The van der Waals surface area contributed by atoms with Crippen LogP contribution in [0.3, 0.4) is 0 Å². The Bertz CT molecular complexity index is 1480. The maximum Gasteiger partial charge on any atom is 0.573 e. The highest BCUT2D eigenvalue weighted by atomic mass is 32.2. The zero-order valence-corrected chi connectivity index (χ0v) is 22.1. The smallest absolute Gasteiger partial charge is 0.406 e. The average Bonchev–Trinajstić information content (AvgIpc) is 3.40. The van der Waals surface area contributed by atoms with Crippen molar-refractivity contribution >= 4 is 21.8 Å². The van der Waals surface area contributed by atoms with E-state index in [1.807, 2.05) is 0 Å². The van der Waals surface area contributed by atoms with E-state index in [0.29, 0.717) is 36.0 Å². The Hall–Kier alpha value is -3.90. The minimum absolute atomic E-state index is 0.000333. The van der Waals surface area contributed by atoms with Gasteiger partial charge in [-0.2, -0.15) is 0 Å². The topological polar surface area (TPSA) is 128 Å². The van der Waals surface area contributed by atoms with Crippen molar-refractivity contribution in [3.05, 3.63) is 83.9 Å². The van der Waals surface area contributed by atoms with Crippen LogP contribution >= 0.6 is 0 Å². The Morgan fingerprint density at radius 2 is 1.45 bits per heavy atom. The molecule has 3 aromatic rings. The summed E-state index contributed by atoms with van der Waals surface area (Å²) < 4.78 is 65.1. The van der Waals surface area contributed by atoms with Crippen LogP contribution in [0, 0.1) is 11.8 Å². The highest BCUT2D eigenvalue weighted by molar-refractivity contribution is 7.89. The van der Waals surface area contributed by atoms with E-state index in [4.69, 9.17) is 5.14 Å². The van der Waals surface area contributed by atoms with Gasteiger partial charge in [0.2, 0.25) is 21.8 Å². The number of alkyl halides is 3. The van der Waals surface area contributed by atoms with Crippen LogP contribution in [0.25, 0.3) is 11.1 Å².